The highest BCUT2D eigenvalue weighted by molar-refractivity contribution is 6.32. The first kappa shape index (κ1) is 29.0. The first-order valence-electron chi connectivity index (χ1n) is 12.4. The molecule has 6 heteroatoms. The molecule has 0 saturated carbocycles. The average Bonchev–Trinajstić information content (AvgIpc) is 3.13. The summed E-state index contributed by atoms with van der Waals surface area (Å²) < 4.78 is 0. The van der Waals surface area contributed by atoms with E-state index in [4.69, 9.17) is 34.8 Å². The second kappa shape index (κ2) is 13.3. The Morgan fingerprint density at radius 1 is 0.778 bits per heavy atom. The number of hydrogen-bond donors (Lipinski definition) is 1. The molecule has 0 amide bonds. The van der Waals surface area contributed by atoms with Gasteiger partial charge >= 0.3 is 0 Å². The van der Waals surface area contributed by atoms with Gasteiger partial charge in [0.1, 0.15) is 0 Å². The van der Waals surface area contributed by atoms with Gasteiger partial charge < -0.3 is 10.0 Å². The Labute approximate surface area is 236 Å². The summed E-state index contributed by atoms with van der Waals surface area (Å²) in [6.07, 6.45) is 6.02. The van der Waals surface area contributed by atoms with Crippen LogP contribution in [0.4, 0.5) is 0 Å². The summed E-state index contributed by atoms with van der Waals surface area (Å²) in [4.78, 5) is 2.38. The molecule has 1 N–H and O–H groups in total. The first-order chi connectivity index (χ1) is 16.9. The van der Waals surface area contributed by atoms with Crippen LogP contribution in [0.5, 0.6) is 0 Å². The van der Waals surface area contributed by atoms with Crippen molar-refractivity contribution in [3.63, 3.8) is 0 Å². The number of fused-ring (bicyclic) bond motifs is 3. The lowest BCUT2D eigenvalue weighted by molar-refractivity contribution is 0.111. The third-order valence-corrected chi connectivity index (χ3v) is 7.30. The summed E-state index contributed by atoms with van der Waals surface area (Å²) in [5, 5.41) is 13.5. The Kier molecular flexibility index (Phi) is 10.8. The molecule has 1 aliphatic rings. The van der Waals surface area contributed by atoms with Crippen LogP contribution in [0.2, 0.25) is 15.1 Å². The normalized spacial score (nSPS) is 14.0. The first-order valence-corrected chi connectivity index (χ1v) is 13.6. The number of nitrogens with zero attached hydrogens (tertiary/aromatic N) is 1. The smallest absolute Gasteiger partial charge is 0.0923 e. The van der Waals surface area contributed by atoms with Crippen LogP contribution in [0.15, 0.2) is 54.6 Å². The van der Waals surface area contributed by atoms with E-state index in [1.54, 1.807) is 0 Å². The number of aliphatic hydroxyl groups is 1. The third-order valence-electron chi connectivity index (χ3n) is 6.59. The summed E-state index contributed by atoms with van der Waals surface area (Å²) in [7, 11) is 0. The van der Waals surface area contributed by atoms with Gasteiger partial charge in [0.25, 0.3) is 0 Å². The second-order valence-corrected chi connectivity index (χ2v) is 10.5. The van der Waals surface area contributed by atoms with Crippen LogP contribution in [-0.4, -0.2) is 29.6 Å². The van der Waals surface area contributed by atoms with Gasteiger partial charge in [-0.2, -0.15) is 0 Å². The highest BCUT2D eigenvalue weighted by atomic mass is 35.5. The van der Waals surface area contributed by atoms with Crippen molar-refractivity contribution in [1.82, 2.24) is 4.90 Å². The quantitative estimate of drug-likeness (QED) is 0.207. The standard InChI is InChI=1S/C30H32Cl3NO.ClH/c1-3-5-13-34(14-6-4-2)19-29(35)28-18-23(33)17-27-25(15-20-7-9-21(31)10-8-20)26-16-22(32)11-12-24(26)30(27)28;/h7-12,15-18,29,35H,3-6,13-14,19H2,1-2H3;1H/b25-15+;. The highest BCUT2D eigenvalue weighted by Gasteiger charge is 2.29. The van der Waals surface area contributed by atoms with E-state index >= 15 is 0 Å². The molecular weight excluding hydrogens is 532 g/mol. The molecular formula is C30H33Cl4NO. The van der Waals surface area contributed by atoms with E-state index in [1.165, 1.54) is 0 Å². The van der Waals surface area contributed by atoms with Gasteiger partial charge in [-0.1, -0.05) is 79.7 Å². The Hall–Kier alpha value is -1.52. The maximum Gasteiger partial charge on any atom is 0.0923 e. The van der Waals surface area contributed by atoms with E-state index < -0.39 is 6.10 Å². The van der Waals surface area contributed by atoms with Crippen molar-refractivity contribution in [3.8, 4) is 11.1 Å². The zero-order chi connectivity index (χ0) is 24.9. The van der Waals surface area contributed by atoms with Gasteiger partial charge in [0, 0.05) is 21.6 Å². The highest BCUT2D eigenvalue weighted by Crippen LogP contribution is 2.50. The van der Waals surface area contributed by atoms with Crippen molar-refractivity contribution in [2.45, 2.75) is 45.6 Å². The maximum absolute atomic E-state index is 11.5. The molecule has 1 unspecified atom stereocenters. The van der Waals surface area contributed by atoms with Gasteiger partial charge in [0.15, 0.2) is 0 Å². The van der Waals surface area contributed by atoms with Crippen molar-refractivity contribution in [2.75, 3.05) is 19.6 Å². The van der Waals surface area contributed by atoms with Crippen LogP contribution in [0, 0.1) is 0 Å². The van der Waals surface area contributed by atoms with E-state index in [0.717, 1.165) is 77.7 Å². The summed E-state index contributed by atoms with van der Waals surface area (Å²) in [6, 6.07) is 17.6. The molecule has 0 aromatic heterocycles. The second-order valence-electron chi connectivity index (χ2n) is 9.24. The van der Waals surface area contributed by atoms with Crippen molar-refractivity contribution in [3.05, 3.63) is 91.9 Å². The average molecular weight is 565 g/mol. The molecule has 3 aromatic carbocycles. The molecule has 36 heavy (non-hydrogen) atoms. The van der Waals surface area contributed by atoms with Crippen LogP contribution >= 0.6 is 47.2 Å². The summed E-state index contributed by atoms with van der Waals surface area (Å²) in [5.74, 6) is 0. The number of benzene rings is 3. The van der Waals surface area contributed by atoms with Crippen LogP contribution in [0.1, 0.15) is 67.9 Å². The predicted octanol–water partition coefficient (Wildman–Crippen LogP) is 9.57. The Balaban J connectivity index is 0.00000361. The molecule has 0 fully saturated rings. The predicted molar refractivity (Wildman–Crippen MR) is 159 cm³/mol. The van der Waals surface area contributed by atoms with Gasteiger partial charge in [-0.25, -0.2) is 0 Å². The molecule has 0 radical (unpaired) electrons. The zero-order valence-electron chi connectivity index (χ0n) is 20.7. The molecule has 0 aliphatic heterocycles. The number of halogens is 4. The SMILES string of the molecule is CCCCN(CCCC)CC(O)c1cc(Cl)cc2c1-c1ccc(Cl)cc1/C2=C\c1ccc(Cl)cc1.Cl. The van der Waals surface area contributed by atoms with Crippen LogP contribution < -0.4 is 0 Å². The summed E-state index contributed by atoms with van der Waals surface area (Å²) >= 11 is 19.2. The molecule has 2 nitrogen and oxygen atoms in total. The van der Waals surface area contributed by atoms with Crippen molar-refractivity contribution >= 4 is 58.9 Å². The topological polar surface area (TPSA) is 23.5 Å². The lowest BCUT2D eigenvalue weighted by atomic mass is 9.94. The van der Waals surface area contributed by atoms with Crippen LogP contribution in [-0.2, 0) is 0 Å². The molecule has 0 heterocycles. The maximum atomic E-state index is 11.5. The number of rotatable bonds is 10. The van der Waals surface area contributed by atoms with E-state index in [1.807, 2.05) is 48.5 Å². The fraction of sp³-hybridized carbons (Fsp3) is 0.333. The van der Waals surface area contributed by atoms with Crippen molar-refractivity contribution in [1.29, 1.82) is 0 Å². The molecule has 1 atom stereocenters. The van der Waals surface area contributed by atoms with Gasteiger partial charge in [-0.15, -0.1) is 12.4 Å². The Bertz CT molecular complexity index is 1200. The summed E-state index contributed by atoms with van der Waals surface area (Å²) in [6.45, 7) is 6.98. The van der Waals surface area contributed by atoms with Gasteiger partial charge in [-0.3, -0.25) is 0 Å². The molecule has 0 bridgehead atoms. The zero-order valence-corrected chi connectivity index (χ0v) is 23.8. The minimum atomic E-state index is -0.644. The van der Waals surface area contributed by atoms with Gasteiger partial charge in [0.05, 0.1) is 6.10 Å². The largest absolute Gasteiger partial charge is 0.387 e. The molecule has 1 aliphatic carbocycles. The van der Waals surface area contributed by atoms with E-state index in [2.05, 4.69) is 30.9 Å². The Morgan fingerprint density at radius 3 is 2.03 bits per heavy atom. The number of hydrogen-bond acceptors (Lipinski definition) is 2. The van der Waals surface area contributed by atoms with Crippen LogP contribution in [0.3, 0.4) is 0 Å². The molecule has 3 aromatic rings. The lowest BCUT2D eigenvalue weighted by Gasteiger charge is -2.26. The third kappa shape index (κ3) is 6.67. The van der Waals surface area contributed by atoms with Crippen LogP contribution in [0.25, 0.3) is 22.8 Å². The number of aliphatic hydroxyl groups excluding tert-OH is 1. The molecule has 0 spiro atoms. The minimum Gasteiger partial charge on any atom is -0.387 e. The fourth-order valence-corrected chi connectivity index (χ4v) is 5.31. The summed E-state index contributed by atoms with van der Waals surface area (Å²) in [5.41, 5.74) is 7.14. The van der Waals surface area contributed by atoms with Crippen molar-refractivity contribution in [2.24, 2.45) is 0 Å². The molecule has 192 valence electrons. The van der Waals surface area contributed by atoms with Gasteiger partial charge in [-0.05, 0) is 107 Å². The van der Waals surface area contributed by atoms with E-state index in [-0.39, 0.29) is 12.4 Å². The van der Waals surface area contributed by atoms with E-state index in [0.29, 0.717) is 21.6 Å². The Morgan fingerprint density at radius 2 is 1.39 bits per heavy atom. The minimum absolute atomic E-state index is 0. The van der Waals surface area contributed by atoms with Gasteiger partial charge in [0.2, 0.25) is 0 Å². The monoisotopic (exact) mass is 563 g/mol. The molecule has 0 saturated heterocycles. The lowest BCUT2D eigenvalue weighted by Crippen LogP contribution is -2.31. The molecule has 4 rings (SSSR count). The van der Waals surface area contributed by atoms with E-state index in [9.17, 15) is 5.11 Å². The number of unbranched alkanes of at least 4 members (excludes halogenated alkanes) is 2. The van der Waals surface area contributed by atoms with Crippen molar-refractivity contribution < 1.29 is 5.11 Å². The fourth-order valence-electron chi connectivity index (χ4n) is 4.79.